The van der Waals surface area contributed by atoms with Crippen molar-refractivity contribution in [3.63, 3.8) is 0 Å². The summed E-state index contributed by atoms with van der Waals surface area (Å²) in [5.74, 6) is 2.10. The predicted molar refractivity (Wildman–Crippen MR) is 65.1 cm³/mol. The number of rotatable bonds is 2. The standard InChI is InChI=1S/C10H11ClN4O4/c1-2-10(11)7(17)5(4-16)19-8(10)15-9(18)14-6(12)3-13-15/h1,3,5,7-8,16-17H,4H2,(H2,12,14,18)/t5-,7+,8-,10?/m1/s1. The minimum atomic E-state index is -1.73. The Labute approximate surface area is 112 Å². The zero-order valence-corrected chi connectivity index (χ0v) is 10.4. The average molecular weight is 287 g/mol. The Morgan fingerprint density at radius 2 is 2.42 bits per heavy atom. The average Bonchev–Trinajstić information content (AvgIpc) is 2.63. The zero-order chi connectivity index (χ0) is 14.2. The molecule has 1 aromatic heterocycles. The molecular weight excluding hydrogens is 276 g/mol. The number of nitrogens with zero attached hydrogens (tertiary/aromatic N) is 3. The number of hydrogen-bond donors (Lipinski definition) is 3. The number of terminal acetylenes is 1. The number of hydrogen-bond acceptors (Lipinski definition) is 7. The van der Waals surface area contributed by atoms with E-state index < -0.39 is 35.6 Å². The van der Waals surface area contributed by atoms with Gasteiger partial charge in [0.05, 0.1) is 12.8 Å². The first kappa shape index (κ1) is 13.8. The van der Waals surface area contributed by atoms with Gasteiger partial charge in [-0.3, -0.25) is 0 Å². The van der Waals surface area contributed by atoms with Crippen LogP contribution < -0.4 is 11.4 Å². The molecular formula is C10H11ClN4O4. The lowest BCUT2D eigenvalue weighted by Gasteiger charge is -2.24. The van der Waals surface area contributed by atoms with Crippen LogP contribution in [0.15, 0.2) is 11.0 Å². The van der Waals surface area contributed by atoms with Crippen LogP contribution in [0.5, 0.6) is 0 Å². The molecule has 4 atom stereocenters. The lowest BCUT2D eigenvalue weighted by Crippen LogP contribution is -2.44. The largest absolute Gasteiger partial charge is 0.394 e. The molecule has 19 heavy (non-hydrogen) atoms. The van der Waals surface area contributed by atoms with E-state index in [-0.39, 0.29) is 5.82 Å². The van der Waals surface area contributed by atoms with Gasteiger partial charge in [0.2, 0.25) is 0 Å². The van der Waals surface area contributed by atoms with Gasteiger partial charge in [-0.2, -0.15) is 14.8 Å². The summed E-state index contributed by atoms with van der Waals surface area (Å²) in [4.78, 5) is 13.4. The van der Waals surface area contributed by atoms with Crippen LogP contribution in [-0.4, -0.2) is 48.7 Å². The summed E-state index contributed by atoms with van der Waals surface area (Å²) in [6.45, 7) is -0.509. The molecule has 9 heteroatoms. The molecule has 1 aliphatic heterocycles. The highest BCUT2D eigenvalue weighted by Gasteiger charge is 2.56. The SMILES string of the molecule is C#CC1(Cl)[C@@H](O)[C@@H](CO)O[C@H]1n1ncc(N)nc1=O. The van der Waals surface area contributed by atoms with Gasteiger partial charge in [0, 0.05) is 0 Å². The number of aliphatic hydroxyl groups excluding tert-OH is 2. The smallest absolute Gasteiger partial charge is 0.368 e. The van der Waals surface area contributed by atoms with Crippen LogP contribution in [0.3, 0.4) is 0 Å². The molecule has 102 valence electrons. The van der Waals surface area contributed by atoms with Crippen molar-refractivity contribution in [2.24, 2.45) is 0 Å². The molecule has 0 bridgehead atoms. The molecule has 0 spiro atoms. The summed E-state index contributed by atoms with van der Waals surface area (Å²) in [7, 11) is 0. The summed E-state index contributed by atoms with van der Waals surface area (Å²) in [6, 6.07) is 0. The van der Waals surface area contributed by atoms with Crippen molar-refractivity contribution in [3.05, 3.63) is 16.7 Å². The Morgan fingerprint density at radius 1 is 1.74 bits per heavy atom. The van der Waals surface area contributed by atoms with Gasteiger partial charge in [0.15, 0.2) is 11.1 Å². The Bertz CT molecular complexity index is 586. The molecule has 2 rings (SSSR count). The maximum absolute atomic E-state index is 11.7. The van der Waals surface area contributed by atoms with Gasteiger partial charge in [0.1, 0.15) is 18.0 Å². The first-order chi connectivity index (χ1) is 8.93. The summed E-state index contributed by atoms with van der Waals surface area (Å²) in [5.41, 5.74) is 4.49. The first-order valence-corrected chi connectivity index (χ1v) is 5.64. The van der Waals surface area contributed by atoms with E-state index in [0.717, 1.165) is 10.9 Å². The van der Waals surface area contributed by atoms with Crippen molar-refractivity contribution < 1.29 is 14.9 Å². The summed E-state index contributed by atoms with van der Waals surface area (Å²) >= 11 is 6.11. The zero-order valence-electron chi connectivity index (χ0n) is 9.60. The normalized spacial score (nSPS) is 34.1. The molecule has 0 saturated carbocycles. The van der Waals surface area contributed by atoms with Gasteiger partial charge in [-0.1, -0.05) is 17.5 Å². The van der Waals surface area contributed by atoms with Crippen molar-refractivity contribution in [3.8, 4) is 12.3 Å². The number of aliphatic hydroxyl groups is 2. The minimum Gasteiger partial charge on any atom is -0.394 e. The van der Waals surface area contributed by atoms with Gasteiger partial charge in [-0.15, -0.1) is 6.42 Å². The Kier molecular flexibility index (Phi) is 3.47. The third-order valence-corrected chi connectivity index (χ3v) is 3.32. The fourth-order valence-corrected chi connectivity index (χ4v) is 2.10. The summed E-state index contributed by atoms with van der Waals surface area (Å²) in [6.07, 6.45) is 2.77. The Balaban J connectivity index is 2.49. The second-order valence-electron chi connectivity index (χ2n) is 3.98. The number of nitrogen functional groups attached to an aromatic ring is 1. The molecule has 8 nitrogen and oxygen atoms in total. The van der Waals surface area contributed by atoms with Crippen molar-refractivity contribution in [1.29, 1.82) is 0 Å². The molecule has 0 radical (unpaired) electrons. The van der Waals surface area contributed by atoms with E-state index in [1.165, 1.54) is 0 Å². The second-order valence-corrected chi connectivity index (χ2v) is 4.60. The van der Waals surface area contributed by atoms with E-state index >= 15 is 0 Å². The van der Waals surface area contributed by atoms with Crippen molar-refractivity contribution >= 4 is 17.4 Å². The van der Waals surface area contributed by atoms with Gasteiger partial charge in [-0.05, 0) is 0 Å². The molecule has 1 aromatic rings. The maximum atomic E-state index is 11.7. The van der Waals surface area contributed by atoms with Gasteiger partial charge in [-0.25, -0.2) is 4.79 Å². The number of halogens is 1. The predicted octanol–water partition coefficient (Wildman–Crippen LogP) is -1.92. The highest BCUT2D eigenvalue weighted by atomic mass is 35.5. The highest BCUT2D eigenvalue weighted by Crippen LogP contribution is 2.41. The van der Waals surface area contributed by atoms with E-state index in [9.17, 15) is 9.90 Å². The molecule has 2 heterocycles. The molecule has 0 aliphatic carbocycles. The van der Waals surface area contributed by atoms with E-state index in [0.29, 0.717) is 0 Å². The van der Waals surface area contributed by atoms with Crippen molar-refractivity contribution in [1.82, 2.24) is 14.8 Å². The van der Waals surface area contributed by atoms with Crippen LogP contribution >= 0.6 is 11.6 Å². The first-order valence-electron chi connectivity index (χ1n) is 5.26. The van der Waals surface area contributed by atoms with Crippen LogP contribution in [0.1, 0.15) is 6.23 Å². The third-order valence-electron chi connectivity index (χ3n) is 2.80. The number of anilines is 1. The monoisotopic (exact) mass is 286 g/mol. The van der Waals surface area contributed by atoms with Crippen LogP contribution in [0, 0.1) is 12.3 Å². The molecule has 4 N–H and O–H groups in total. The fraction of sp³-hybridized carbons (Fsp3) is 0.500. The number of alkyl halides is 1. The van der Waals surface area contributed by atoms with Gasteiger partial charge in [0.25, 0.3) is 0 Å². The van der Waals surface area contributed by atoms with Crippen LogP contribution in [0.25, 0.3) is 0 Å². The van der Waals surface area contributed by atoms with Crippen molar-refractivity contribution in [2.45, 2.75) is 23.3 Å². The highest BCUT2D eigenvalue weighted by molar-refractivity contribution is 6.27. The summed E-state index contributed by atoms with van der Waals surface area (Å²) < 4.78 is 6.06. The maximum Gasteiger partial charge on any atom is 0.368 e. The molecule has 0 amide bonds. The van der Waals surface area contributed by atoms with Crippen LogP contribution in [-0.2, 0) is 4.74 Å². The second kappa shape index (κ2) is 4.79. The van der Waals surface area contributed by atoms with Crippen LogP contribution in [0.2, 0.25) is 0 Å². The number of nitrogens with two attached hydrogens (primary N) is 1. The molecule has 1 fully saturated rings. The Morgan fingerprint density at radius 3 is 2.95 bits per heavy atom. The lowest BCUT2D eigenvalue weighted by molar-refractivity contribution is -0.0512. The van der Waals surface area contributed by atoms with Gasteiger partial charge < -0.3 is 20.7 Å². The van der Waals surface area contributed by atoms with E-state index in [2.05, 4.69) is 16.0 Å². The number of ether oxygens (including phenoxy) is 1. The third kappa shape index (κ3) is 2.06. The van der Waals surface area contributed by atoms with E-state index in [1.807, 2.05) is 0 Å². The molecule has 1 unspecified atom stereocenters. The van der Waals surface area contributed by atoms with Crippen molar-refractivity contribution in [2.75, 3.05) is 12.3 Å². The fourth-order valence-electron chi connectivity index (χ4n) is 1.81. The summed E-state index contributed by atoms with van der Waals surface area (Å²) in [5, 5.41) is 22.7. The topological polar surface area (TPSA) is 123 Å². The lowest BCUT2D eigenvalue weighted by atomic mass is 10.00. The molecule has 1 saturated heterocycles. The minimum absolute atomic E-state index is 0.0700. The van der Waals surface area contributed by atoms with E-state index in [4.69, 9.17) is 33.6 Å². The molecule has 0 aromatic carbocycles. The number of aromatic nitrogens is 3. The van der Waals surface area contributed by atoms with Crippen LogP contribution in [0.4, 0.5) is 5.82 Å². The molecule has 1 aliphatic rings. The van der Waals surface area contributed by atoms with Gasteiger partial charge >= 0.3 is 5.69 Å². The quantitative estimate of drug-likeness (QED) is 0.428. The van der Waals surface area contributed by atoms with E-state index in [1.54, 1.807) is 0 Å². The Hall–Kier alpha value is -1.66.